The van der Waals surface area contributed by atoms with E-state index in [9.17, 15) is 15.0 Å². The Morgan fingerprint density at radius 1 is 1.22 bits per heavy atom. The number of para-hydroxylation sites is 1. The molecule has 1 aromatic rings. The second-order valence-corrected chi connectivity index (χ2v) is 10.1. The second-order valence-electron chi connectivity index (χ2n) is 10.1. The van der Waals surface area contributed by atoms with Crippen molar-refractivity contribution in [3.63, 3.8) is 0 Å². The van der Waals surface area contributed by atoms with Crippen molar-refractivity contribution in [3.8, 4) is 0 Å². The smallest absolute Gasteiger partial charge is 0.224 e. The summed E-state index contributed by atoms with van der Waals surface area (Å²) in [6.45, 7) is 4.06. The third kappa shape index (κ3) is 7.31. The molecule has 0 spiro atoms. The first-order valence-corrected chi connectivity index (χ1v) is 12.5. The molecule has 0 aliphatic heterocycles. The van der Waals surface area contributed by atoms with E-state index in [1.54, 1.807) is 0 Å². The van der Waals surface area contributed by atoms with Crippen molar-refractivity contribution in [2.75, 3.05) is 5.32 Å². The summed E-state index contributed by atoms with van der Waals surface area (Å²) in [6, 6.07) is 9.61. The molecule has 2 aliphatic carbocycles. The lowest BCUT2D eigenvalue weighted by molar-refractivity contribution is -0.116. The summed E-state index contributed by atoms with van der Waals surface area (Å²) >= 11 is 0. The van der Waals surface area contributed by atoms with Gasteiger partial charge in [0.15, 0.2) is 0 Å². The van der Waals surface area contributed by atoms with Crippen molar-refractivity contribution >= 4 is 11.6 Å². The standard InChI is InChI=1S/C28H41NO3/c1-3-4-16-28(2,32)17-10-14-24-25-19-21(18-22(25)20-26(24)30)11-8-9-15-27(31)29-23-12-6-5-7-13-23/h5-7,10,12-14,18,22,24-26,30,32H,3-4,8-9,11,15-17,19-20H2,1-2H3,(H,29,31)/t22-,24+,25-,26+,28-/m0/s1. The van der Waals surface area contributed by atoms with E-state index < -0.39 is 5.60 Å². The molecule has 4 nitrogen and oxygen atoms in total. The average Bonchev–Trinajstić information content (AvgIpc) is 3.27. The van der Waals surface area contributed by atoms with Crippen molar-refractivity contribution < 1.29 is 15.0 Å². The maximum Gasteiger partial charge on any atom is 0.224 e. The highest BCUT2D eigenvalue weighted by Gasteiger charge is 2.43. The molecule has 0 aromatic heterocycles. The number of allylic oxidation sites excluding steroid dienone is 2. The van der Waals surface area contributed by atoms with Gasteiger partial charge in [-0.3, -0.25) is 4.79 Å². The number of nitrogens with one attached hydrogen (secondary N) is 1. The molecule has 0 bridgehead atoms. The molecule has 2 aliphatic rings. The number of aliphatic hydroxyl groups is 2. The fourth-order valence-corrected chi connectivity index (χ4v) is 5.31. The number of hydrogen-bond donors (Lipinski definition) is 3. The highest BCUT2D eigenvalue weighted by molar-refractivity contribution is 5.90. The van der Waals surface area contributed by atoms with Crippen LogP contribution in [0.3, 0.4) is 0 Å². The van der Waals surface area contributed by atoms with E-state index in [0.717, 1.165) is 57.1 Å². The number of fused-ring (bicyclic) bond motifs is 1. The molecule has 1 aromatic carbocycles. The van der Waals surface area contributed by atoms with Crippen LogP contribution < -0.4 is 5.32 Å². The molecular formula is C28H41NO3. The predicted molar refractivity (Wildman–Crippen MR) is 131 cm³/mol. The van der Waals surface area contributed by atoms with Gasteiger partial charge in [0.25, 0.3) is 0 Å². The molecule has 4 heteroatoms. The third-order valence-corrected chi connectivity index (χ3v) is 7.14. The molecule has 176 valence electrons. The lowest BCUT2D eigenvalue weighted by Gasteiger charge is -2.22. The topological polar surface area (TPSA) is 69.6 Å². The average molecular weight is 440 g/mol. The molecule has 3 N–H and O–H groups in total. The lowest BCUT2D eigenvalue weighted by atomic mass is 9.87. The monoisotopic (exact) mass is 439 g/mol. The molecule has 1 amide bonds. The summed E-state index contributed by atoms with van der Waals surface area (Å²) < 4.78 is 0. The molecule has 0 radical (unpaired) electrons. The molecule has 0 unspecified atom stereocenters. The normalized spacial score (nSPS) is 26.7. The van der Waals surface area contributed by atoms with Crippen LogP contribution in [-0.4, -0.2) is 27.8 Å². The number of aliphatic hydroxyl groups excluding tert-OH is 1. The van der Waals surface area contributed by atoms with Crippen molar-refractivity contribution in [2.24, 2.45) is 17.8 Å². The Bertz CT molecular complexity index is 783. The Balaban J connectivity index is 1.39. The zero-order valence-electron chi connectivity index (χ0n) is 19.8. The summed E-state index contributed by atoms with van der Waals surface area (Å²) in [5.41, 5.74) is 1.69. The van der Waals surface area contributed by atoms with Crippen LogP contribution in [0.15, 0.2) is 54.1 Å². The molecule has 3 rings (SSSR count). The lowest BCUT2D eigenvalue weighted by Crippen LogP contribution is -2.23. The number of benzene rings is 1. The SMILES string of the molecule is CCCC[C@](C)(O)CC=C[C@@H]1[C@H]2CC(CCCCC(=O)Nc3ccccc3)=C[C@H]2C[C@H]1O. The van der Waals surface area contributed by atoms with Gasteiger partial charge < -0.3 is 15.5 Å². The van der Waals surface area contributed by atoms with E-state index in [-0.39, 0.29) is 17.9 Å². The van der Waals surface area contributed by atoms with E-state index in [4.69, 9.17) is 0 Å². The second kappa shape index (κ2) is 11.8. The summed E-state index contributed by atoms with van der Waals surface area (Å²) in [5.74, 6) is 1.22. The third-order valence-electron chi connectivity index (χ3n) is 7.14. The first-order chi connectivity index (χ1) is 15.4. The molecule has 1 saturated carbocycles. The zero-order chi connectivity index (χ0) is 23.0. The number of carbonyl (C=O) groups excluding carboxylic acids is 1. The van der Waals surface area contributed by atoms with Gasteiger partial charge in [-0.2, -0.15) is 0 Å². The van der Waals surface area contributed by atoms with Gasteiger partial charge >= 0.3 is 0 Å². The predicted octanol–water partition coefficient (Wildman–Crippen LogP) is 6.02. The minimum Gasteiger partial charge on any atom is -0.392 e. The van der Waals surface area contributed by atoms with Crippen LogP contribution in [0.2, 0.25) is 0 Å². The van der Waals surface area contributed by atoms with Crippen molar-refractivity contribution in [3.05, 3.63) is 54.1 Å². The highest BCUT2D eigenvalue weighted by atomic mass is 16.3. The largest absolute Gasteiger partial charge is 0.392 e. The molecule has 1 fully saturated rings. The molecular weight excluding hydrogens is 398 g/mol. The van der Waals surface area contributed by atoms with Crippen molar-refractivity contribution in [2.45, 2.75) is 89.8 Å². The fourth-order valence-electron chi connectivity index (χ4n) is 5.31. The Morgan fingerprint density at radius 2 is 2.00 bits per heavy atom. The van der Waals surface area contributed by atoms with Gasteiger partial charge in [-0.25, -0.2) is 0 Å². The van der Waals surface area contributed by atoms with Crippen molar-refractivity contribution in [1.29, 1.82) is 0 Å². The van der Waals surface area contributed by atoms with E-state index in [1.165, 1.54) is 5.57 Å². The summed E-state index contributed by atoms with van der Waals surface area (Å²) in [4.78, 5) is 12.1. The minimum absolute atomic E-state index is 0.0802. The van der Waals surface area contributed by atoms with Crippen LogP contribution >= 0.6 is 0 Å². The number of amides is 1. The molecule has 32 heavy (non-hydrogen) atoms. The summed E-state index contributed by atoms with van der Waals surface area (Å²) in [6.07, 6.45) is 15.4. The van der Waals surface area contributed by atoms with E-state index in [1.807, 2.05) is 37.3 Å². The van der Waals surface area contributed by atoms with Gasteiger partial charge in [0.2, 0.25) is 5.91 Å². The van der Waals surface area contributed by atoms with Gasteiger partial charge in [-0.15, -0.1) is 0 Å². The van der Waals surface area contributed by atoms with Crippen LogP contribution in [0.4, 0.5) is 5.69 Å². The zero-order valence-corrected chi connectivity index (χ0v) is 19.8. The highest BCUT2D eigenvalue weighted by Crippen LogP contribution is 2.48. The Kier molecular flexibility index (Phi) is 9.12. The first kappa shape index (κ1) is 24.7. The van der Waals surface area contributed by atoms with Crippen LogP contribution in [0.1, 0.15) is 78.1 Å². The molecule has 5 atom stereocenters. The number of anilines is 1. The van der Waals surface area contributed by atoms with Crippen molar-refractivity contribution in [1.82, 2.24) is 0 Å². The summed E-state index contributed by atoms with van der Waals surface area (Å²) in [5, 5.41) is 24.0. The maximum absolute atomic E-state index is 12.1. The van der Waals surface area contributed by atoms with E-state index >= 15 is 0 Å². The first-order valence-electron chi connectivity index (χ1n) is 12.5. The van der Waals surface area contributed by atoms with Gasteiger partial charge in [0.1, 0.15) is 0 Å². The van der Waals surface area contributed by atoms with E-state index in [0.29, 0.717) is 24.7 Å². The Labute approximate surface area is 193 Å². The van der Waals surface area contributed by atoms with Gasteiger partial charge in [0, 0.05) is 18.0 Å². The Hall–Kier alpha value is -1.91. The Morgan fingerprint density at radius 3 is 2.75 bits per heavy atom. The number of unbranched alkanes of at least 4 members (excludes halogenated alkanes) is 2. The molecule has 0 saturated heterocycles. The van der Waals surface area contributed by atoms with E-state index in [2.05, 4.69) is 30.5 Å². The summed E-state index contributed by atoms with van der Waals surface area (Å²) in [7, 11) is 0. The number of hydrogen-bond acceptors (Lipinski definition) is 3. The van der Waals surface area contributed by atoms with Crippen LogP contribution in [0.25, 0.3) is 0 Å². The fraction of sp³-hybridized carbons (Fsp3) is 0.607. The van der Waals surface area contributed by atoms with Gasteiger partial charge in [-0.05, 0) is 75.8 Å². The van der Waals surface area contributed by atoms with Crippen LogP contribution in [0.5, 0.6) is 0 Å². The number of carbonyl (C=O) groups is 1. The van der Waals surface area contributed by atoms with Gasteiger partial charge in [-0.1, -0.05) is 61.8 Å². The molecule has 0 heterocycles. The number of rotatable bonds is 12. The maximum atomic E-state index is 12.1. The minimum atomic E-state index is -0.651. The van der Waals surface area contributed by atoms with Crippen LogP contribution in [-0.2, 0) is 4.79 Å². The van der Waals surface area contributed by atoms with Crippen LogP contribution in [0, 0.1) is 17.8 Å². The van der Waals surface area contributed by atoms with Gasteiger partial charge in [0.05, 0.1) is 11.7 Å². The quantitative estimate of drug-likeness (QED) is 0.276.